The molecule has 9 heteroatoms. The Morgan fingerprint density at radius 3 is 2.67 bits per heavy atom. The Morgan fingerprint density at radius 2 is 1.93 bits per heavy atom. The van der Waals surface area contributed by atoms with Gasteiger partial charge in [-0.2, -0.15) is 0 Å². The van der Waals surface area contributed by atoms with Gasteiger partial charge in [0.2, 0.25) is 0 Å². The number of hydrogen-bond acceptors (Lipinski definition) is 4. The zero-order valence-electron chi connectivity index (χ0n) is 15.1. The number of nitrogens with zero attached hydrogens (tertiary/aromatic N) is 1. The summed E-state index contributed by atoms with van der Waals surface area (Å²) in [6, 6.07) is 14.6. The van der Waals surface area contributed by atoms with Gasteiger partial charge in [0, 0.05) is 10.0 Å². The van der Waals surface area contributed by atoms with Crippen LogP contribution in [-0.4, -0.2) is 22.9 Å². The Bertz CT molecular complexity index is 1230. The van der Waals surface area contributed by atoms with Gasteiger partial charge in [0.15, 0.2) is 0 Å². The molecule has 4 rings (SSSR count). The Morgan fingerprint density at radius 1 is 1.13 bits per heavy atom. The van der Waals surface area contributed by atoms with Crippen molar-refractivity contribution in [2.75, 3.05) is 5.01 Å². The fourth-order valence-electron chi connectivity index (χ4n) is 2.92. The van der Waals surface area contributed by atoms with Crippen molar-refractivity contribution in [2.45, 2.75) is 0 Å². The molecule has 1 aromatic heterocycles. The van der Waals surface area contributed by atoms with Gasteiger partial charge < -0.3 is 9.52 Å². The maximum atomic E-state index is 12.7. The van der Waals surface area contributed by atoms with E-state index in [1.807, 2.05) is 0 Å². The largest absolute Gasteiger partial charge is 0.478 e. The van der Waals surface area contributed by atoms with E-state index in [1.54, 1.807) is 42.5 Å². The molecule has 30 heavy (non-hydrogen) atoms. The number of carboxylic acids is 1. The van der Waals surface area contributed by atoms with E-state index in [1.165, 1.54) is 18.2 Å². The first-order valence-corrected chi connectivity index (χ1v) is 9.76. The van der Waals surface area contributed by atoms with Gasteiger partial charge in [0.25, 0.3) is 11.8 Å². The monoisotopic (exact) mass is 486 g/mol. The van der Waals surface area contributed by atoms with Gasteiger partial charge in [-0.3, -0.25) is 15.0 Å². The van der Waals surface area contributed by atoms with Crippen molar-refractivity contribution in [2.24, 2.45) is 0 Å². The third kappa shape index (κ3) is 3.74. The third-order valence-corrected chi connectivity index (χ3v) is 5.18. The number of hydrazine groups is 1. The van der Waals surface area contributed by atoms with Gasteiger partial charge in [-0.25, -0.2) is 9.80 Å². The van der Waals surface area contributed by atoms with Gasteiger partial charge in [0.05, 0.1) is 16.3 Å². The summed E-state index contributed by atoms with van der Waals surface area (Å²) in [6.07, 6.45) is 1.34. The fourth-order valence-corrected chi connectivity index (χ4v) is 3.51. The normalized spacial score (nSPS) is 15.0. The van der Waals surface area contributed by atoms with Gasteiger partial charge in [0.1, 0.15) is 17.1 Å². The Balaban J connectivity index is 1.63. The van der Waals surface area contributed by atoms with E-state index in [9.17, 15) is 19.5 Å². The number of hydrogen-bond donors (Lipinski definition) is 2. The summed E-state index contributed by atoms with van der Waals surface area (Å²) in [5, 5.41) is 10.5. The number of rotatable bonds is 4. The summed E-state index contributed by atoms with van der Waals surface area (Å²) in [5.74, 6) is -1.59. The molecule has 1 aliphatic rings. The quantitative estimate of drug-likeness (QED) is 0.416. The van der Waals surface area contributed by atoms with E-state index in [0.29, 0.717) is 17.0 Å². The number of carbonyl (C=O) groups excluding carboxylic acids is 2. The Kier molecular flexibility index (Phi) is 5.19. The number of benzene rings is 2. The third-order valence-electron chi connectivity index (χ3n) is 4.35. The number of nitrogens with one attached hydrogen (secondary N) is 1. The molecule has 2 N–H and O–H groups in total. The molecular formula is C21H12BrClN2O5. The lowest BCUT2D eigenvalue weighted by Crippen LogP contribution is -2.35. The minimum Gasteiger partial charge on any atom is -0.478 e. The SMILES string of the molecule is O=C1NN(c2cccc(Br)c2)C(=O)/C1=C\c1ccc(-c2ccc(Cl)c(C(=O)O)c2)o1. The van der Waals surface area contributed by atoms with Crippen molar-refractivity contribution in [3.05, 3.63) is 81.0 Å². The van der Waals surface area contributed by atoms with E-state index in [4.69, 9.17) is 16.0 Å². The van der Waals surface area contributed by atoms with Crippen LogP contribution in [0.3, 0.4) is 0 Å². The zero-order chi connectivity index (χ0) is 21.4. The number of carbonyl (C=O) groups is 3. The van der Waals surface area contributed by atoms with Gasteiger partial charge in [-0.15, -0.1) is 0 Å². The van der Waals surface area contributed by atoms with Crippen LogP contribution in [0.5, 0.6) is 0 Å². The number of carboxylic acid groups (broad SMARTS) is 1. The van der Waals surface area contributed by atoms with Crippen LogP contribution in [0, 0.1) is 0 Å². The fraction of sp³-hybridized carbons (Fsp3) is 0. The first-order chi connectivity index (χ1) is 14.3. The number of furan rings is 1. The second kappa shape index (κ2) is 7.81. The standard InChI is InChI=1S/C21H12BrClN2O5/c22-12-2-1-3-13(9-12)25-20(27)16(19(26)24-25)10-14-5-7-18(30-14)11-4-6-17(23)15(8-11)21(28)29/h1-10H,(H,24,26)(H,28,29)/b16-10-. The molecule has 0 spiro atoms. The molecule has 1 saturated heterocycles. The number of amides is 2. The van der Waals surface area contributed by atoms with Crippen molar-refractivity contribution < 1.29 is 23.9 Å². The molecular weight excluding hydrogens is 476 g/mol. The Labute approximate surface area is 183 Å². The maximum absolute atomic E-state index is 12.7. The first-order valence-electron chi connectivity index (χ1n) is 8.59. The minimum absolute atomic E-state index is 0.0551. The van der Waals surface area contributed by atoms with Crippen molar-refractivity contribution in [3.8, 4) is 11.3 Å². The highest BCUT2D eigenvalue weighted by Crippen LogP contribution is 2.29. The van der Waals surface area contributed by atoms with Crippen LogP contribution in [0.1, 0.15) is 16.1 Å². The number of halogens is 2. The van der Waals surface area contributed by atoms with Gasteiger partial charge in [-0.05, 0) is 54.6 Å². The average Bonchev–Trinajstić information content (AvgIpc) is 3.28. The average molecular weight is 488 g/mol. The lowest BCUT2D eigenvalue weighted by Gasteiger charge is -2.14. The molecule has 0 unspecified atom stereocenters. The van der Waals surface area contributed by atoms with E-state index in [0.717, 1.165) is 9.48 Å². The zero-order valence-corrected chi connectivity index (χ0v) is 17.4. The van der Waals surface area contributed by atoms with E-state index in [2.05, 4.69) is 21.4 Å². The Hall–Kier alpha value is -3.36. The summed E-state index contributed by atoms with van der Waals surface area (Å²) < 4.78 is 6.46. The van der Waals surface area contributed by atoms with Gasteiger partial charge in [-0.1, -0.05) is 33.6 Å². The molecule has 2 amide bonds. The molecule has 0 bridgehead atoms. The molecule has 0 saturated carbocycles. The predicted molar refractivity (Wildman–Crippen MR) is 114 cm³/mol. The predicted octanol–water partition coefficient (Wildman–Crippen LogP) is 4.52. The van der Waals surface area contributed by atoms with Crippen molar-refractivity contribution in [1.29, 1.82) is 0 Å². The van der Waals surface area contributed by atoms with Crippen LogP contribution in [0.15, 0.2) is 69.1 Å². The second-order valence-corrected chi connectivity index (χ2v) is 7.64. The molecule has 3 aromatic rings. The molecule has 0 aliphatic carbocycles. The van der Waals surface area contributed by atoms with Crippen molar-refractivity contribution >= 4 is 57.1 Å². The van der Waals surface area contributed by atoms with Crippen molar-refractivity contribution in [3.63, 3.8) is 0 Å². The molecule has 0 radical (unpaired) electrons. The topological polar surface area (TPSA) is 99.9 Å². The van der Waals surface area contributed by atoms with Crippen LogP contribution in [0.2, 0.25) is 5.02 Å². The molecule has 2 heterocycles. The minimum atomic E-state index is -1.16. The second-order valence-electron chi connectivity index (χ2n) is 6.32. The smallest absolute Gasteiger partial charge is 0.337 e. The molecule has 150 valence electrons. The first kappa shape index (κ1) is 19.9. The van der Waals surface area contributed by atoms with Crippen LogP contribution < -0.4 is 10.4 Å². The molecule has 0 atom stereocenters. The summed E-state index contributed by atoms with van der Waals surface area (Å²) in [5.41, 5.74) is 3.38. The molecule has 1 fully saturated rings. The lowest BCUT2D eigenvalue weighted by atomic mass is 10.1. The highest BCUT2D eigenvalue weighted by atomic mass is 79.9. The number of anilines is 1. The molecule has 2 aromatic carbocycles. The van der Waals surface area contributed by atoms with Crippen LogP contribution >= 0.6 is 27.5 Å². The highest BCUT2D eigenvalue weighted by Gasteiger charge is 2.34. The van der Waals surface area contributed by atoms with Crippen LogP contribution in [-0.2, 0) is 9.59 Å². The lowest BCUT2D eigenvalue weighted by molar-refractivity contribution is -0.117. The van der Waals surface area contributed by atoms with Gasteiger partial charge >= 0.3 is 5.97 Å². The van der Waals surface area contributed by atoms with E-state index in [-0.39, 0.29) is 21.9 Å². The summed E-state index contributed by atoms with van der Waals surface area (Å²) >= 11 is 9.22. The maximum Gasteiger partial charge on any atom is 0.337 e. The van der Waals surface area contributed by atoms with E-state index >= 15 is 0 Å². The van der Waals surface area contributed by atoms with Crippen LogP contribution in [0.25, 0.3) is 17.4 Å². The number of aromatic carboxylic acids is 1. The molecule has 7 nitrogen and oxygen atoms in total. The molecule has 1 aliphatic heterocycles. The van der Waals surface area contributed by atoms with E-state index < -0.39 is 17.8 Å². The summed E-state index contributed by atoms with van der Waals surface area (Å²) in [4.78, 5) is 36.3. The summed E-state index contributed by atoms with van der Waals surface area (Å²) in [6.45, 7) is 0. The van der Waals surface area contributed by atoms with Crippen LogP contribution in [0.4, 0.5) is 5.69 Å². The summed E-state index contributed by atoms with van der Waals surface area (Å²) in [7, 11) is 0. The van der Waals surface area contributed by atoms with Crippen molar-refractivity contribution in [1.82, 2.24) is 5.43 Å². The highest BCUT2D eigenvalue weighted by molar-refractivity contribution is 9.10.